The van der Waals surface area contributed by atoms with Gasteiger partial charge in [0.1, 0.15) is 11.5 Å². The van der Waals surface area contributed by atoms with Gasteiger partial charge in [-0.3, -0.25) is 4.55 Å². The lowest BCUT2D eigenvalue weighted by Gasteiger charge is -2.10. The van der Waals surface area contributed by atoms with Crippen molar-refractivity contribution in [2.45, 2.75) is 11.4 Å². The summed E-state index contributed by atoms with van der Waals surface area (Å²) in [5.41, 5.74) is 0.729. The van der Waals surface area contributed by atoms with E-state index < -0.39 is 10.1 Å². The van der Waals surface area contributed by atoms with E-state index in [2.05, 4.69) is 5.32 Å². The average Bonchev–Trinajstić information content (AvgIpc) is 2.38. The van der Waals surface area contributed by atoms with Crippen LogP contribution in [0, 0.1) is 0 Å². The summed E-state index contributed by atoms with van der Waals surface area (Å²) >= 11 is 0. The minimum absolute atomic E-state index is 0.0884. The quantitative estimate of drug-likeness (QED) is 0.507. The topological polar surface area (TPSA) is 107 Å². The summed E-state index contributed by atoms with van der Waals surface area (Å²) in [5, 5.41) is 22.0. The Morgan fingerprint density at radius 2 is 1.70 bits per heavy atom. The molecule has 0 heterocycles. The summed E-state index contributed by atoms with van der Waals surface area (Å²) in [6, 6.07) is 9.99. The fraction of sp³-hybridized carbons (Fsp3) is 0.0769. The van der Waals surface area contributed by atoms with Crippen LogP contribution in [0.1, 0.15) is 5.56 Å². The molecule has 2 rings (SSSR count). The Balaban J connectivity index is 2.24. The maximum atomic E-state index is 11.0. The van der Waals surface area contributed by atoms with Gasteiger partial charge in [0.2, 0.25) is 0 Å². The molecule has 4 N–H and O–H groups in total. The van der Waals surface area contributed by atoms with Crippen molar-refractivity contribution < 1.29 is 23.2 Å². The number of phenols is 2. The Kier molecular flexibility index (Phi) is 3.82. The van der Waals surface area contributed by atoms with Crippen molar-refractivity contribution in [2.75, 3.05) is 5.32 Å². The minimum Gasteiger partial charge on any atom is -0.508 e. The predicted octanol–water partition coefficient (Wildman–Crippen LogP) is 1.96. The predicted molar refractivity (Wildman–Crippen MR) is 73.4 cm³/mol. The number of hydrogen-bond donors (Lipinski definition) is 4. The Labute approximate surface area is 116 Å². The molecule has 0 unspecified atom stereocenters. The molecule has 0 aliphatic heterocycles. The molecule has 0 fully saturated rings. The molecule has 2 aromatic carbocycles. The van der Waals surface area contributed by atoms with Crippen molar-refractivity contribution in [3.8, 4) is 11.5 Å². The van der Waals surface area contributed by atoms with E-state index in [-0.39, 0.29) is 28.6 Å². The molecule has 0 aliphatic rings. The lowest BCUT2D eigenvalue weighted by atomic mass is 10.2. The largest absolute Gasteiger partial charge is 0.508 e. The van der Waals surface area contributed by atoms with E-state index in [1.807, 2.05) is 0 Å². The van der Waals surface area contributed by atoms with Crippen molar-refractivity contribution in [1.29, 1.82) is 0 Å². The second-order valence-electron chi connectivity index (χ2n) is 4.14. The molecule has 0 saturated heterocycles. The third-order valence-electron chi connectivity index (χ3n) is 2.73. The van der Waals surface area contributed by atoms with Crippen molar-refractivity contribution in [1.82, 2.24) is 0 Å². The number of nitrogens with one attached hydrogen (secondary N) is 1. The molecular formula is C13H13NO5S. The van der Waals surface area contributed by atoms with Crippen molar-refractivity contribution in [2.24, 2.45) is 0 Å². The van der Waals surface area contributed by atoms with Crippen LogP contribution >= 0.6 is 0 Å². The van der Waals surface area contributed by atoms with Crippen molar-refractivity contribution in [3.05, 3.63) is 48.0 Å². The number of benzene rings is 2. The van der Waals surface area contributed by atoms with Gasteiger partial charge in [-0.25, -0.2) is 0 Å². The van der Waals surface area contributed by atoms with Gasteiger partial charge in [-0.1, -0.05) is 18.2 Å². The number of phenolic OH excluding ortho intramolecular Hbond substituents is 2. The van der Waals surface area contributed by atoms with E-state index in [9.17, 15) is 18.6 Å². The van der Waals surface area contributed by atoms with Crippen LogP contribution in [0.2, 0.25) is 0 Å². The highest BCUT2D eigenvalue weighted by molar-refractivity contribution is 7.85. The fourth-order valence-corrected chi connectivity index (χ4v) is 2.17. The first-order chi connectivity index (χ1) is 9.38. The van der Waals surface area contributed by atoms with Gasteiger partial charge in [-0.2, -0.15) is 8.42 Å². The summed E-state index contributed by atoms with van der Waals surface area (Å²) in [4.78, 5) is -0.324. The molecule has 0 radical (unpaired) electrons. The third-order valence-corrected chi connectivity index (χ3v) is 3.58. The summed E-state index contributed by atoms with van der Waals surface area (Å²) in [7, 11) is -4.33. The van der Waals surface area contributed by atoms with Crippen LogP contribution in [0.3, 0.4) is 0 Å². The van der Waals surface area contributed by atoms with Crippen LogP contribution < -0.4 is 5.32 Å². The molecule has 0 saturated carbocycles. The Morgan fingerprint density at radius 3 is 2.35 bits per heavy atom. The Morgan fingerprint density at radius 1 is 1.00 bits per heavy atom. The highest BCUT2D eigenvalue weighted by Gasteiger charge is 2.12. The molecule has 7 heteroatoms. The Hall–Kier alpha value is -2.25. The molecule has 0 aromatic heterocycles. The van der Waals surface area contributed by atoms with Crippen LogP contribution in [-0.2, 0) is 16.7 Å². The maximum Gasteiger partial charge on any atom is 0.294 e. The molecule has 2 aromatic rings. The zero-order valence-electron chi connectivity index (χ0n) is 10.3. The third kappa shape index (κ3) is 3.19. The number of para-hydroxylation sites is 1. The Bertz CT molecular complexity index is 727. The zero-order valence-corrected chi connectivity index (χ0v) is 11.1. The summed E-state index contributed by atoms with van der Waals surface area (Å²) in [5.74, 6) is -0.0711. The number of rotatable bonds is 4. The minimum atomic E-state index is -4.33. The molecule has 0 amide bonds. The SMILES string of the molecule is O=S(=O)(O)c1ccc(O)c(NCc2ccccc2O)c1. The number of aromatic hydroxyl groups is 2. The highest BCUT2D eigenvalue weighted by atomic mass is 32.2. The molecule has 106 valence electrons. The highest BCUT2D eigenvalue weighted by Crippen LogP contribution is 2.27. The monoisotopic (exact) mass is 295 g/mol. The number of hydrogen-bond acceptors (Lipinski definition) is 5. The second kappa shape index (κ2) is 5.40. The summed E-state index contributed by atoms with van der Waals surface area (Å²) in [6.45, 7) is 0.190. The van der Waals surface area contributed by atoms with E-state index in [0.717, 1.165) is 18.2 Å². The average molecular weight is 295 g/mol. The first kappa shape index (κ1) is 14.2. The van der Waals surface area contributed by atoms with Crippen LogP contribution in [-0.4, -0.2) is 23.2 Å². The van der Waals surface area contributed by atoms with Gasteiger partial charge in [0, 0.05) is 12.1 Å². The van der Waals surface area contributed by atoms with Crippen LogP contribution in [0.5, 0.6) is 11.5 Å². The zero-order chi connectivity index (χ0) is 14.8. The van der Waals surface area contributed by atoms with Gasteiger partial charge < -0.3 is 15.5 Å². The maximum absolute atomic E-state index is 11.0. The van der Waals surface area contributed by atoms with E-state index in [1.165, 1.54) is 6.07 Å². The van der Waals surface area contributed by atoms with E-state index in [1.54, 1.807) is 18.2 Å². The molecule has 6 nitrogen and oxygen atoms in total. The lowest BCUT2D eigenvalue weighted by Crippen LogP contribution is -2.03. The van der Waals surface area contributed by atoms with Crippen LogP contribution in [0.25, 0.3) is 0 Å². The second-order valence-corrected chi connectivity index (χ2v) is 5.56. The molecular weight excluding hydrogens is 282 g/mol. The smallest absolute Gasteiger partial charge is 0.294 e. The molecule has 0 aliphatic carbocycles. The summed E-state index contributed by atoms with van der Waals surface area (Å²) < 4.78 is 31.0. The lowest BCUT2D eigenvalue weighted by molar-refractivity contribution is 0.467. The van der Waals surface area contributed by atoms with Crippen molar-refractivity contribution >= 4 is 15.8 Å². The van der Waals surface area contributed by atoms with E-state index in [4.69, 9.17) is 4.55 Å². The van der Waals surface area contributed by atoms with Gasteiger partial charge in [-0.05, 0) is 24.3 Å². The first-order valence-corrected chi connectivity index (χ1v) is 7.13. The fourth-order valence-electron chi connectivity index (χ4n) is 1.67. The van der Waals surface area contributed by atoms with E-state index in [0.29, 0.717) is 5.56 Å². The van der Waals surface area contributed by atoms with Crippen LogP contribution in [0.15, 0.2) is 47.4 Å². The van der Waals surface area contributed by atoms with Gasteiger partial charge in [0.05, 0.1) is 10.6 Å². The normalized spacial score (nSPS) is 11.2. The standard InChI is InChI=1S/C13H13NO5S/c15-12-4-2-1-3-9(12)8-14-11-7-10(20(17,18)19)5-6-13(11)16/h1-7,14-16H,8H2,(H,17,18,19). The molecule has 0 spiro atoms. The molecule has 0 bridgehead atoms. The first-order valence-electron chi connectivity index (χ1n) is 5.69. The number of anilines is 1. The van der Waals surface area contributed by atoms with Gasteiger partial charge in [0.15, 0.2) is 0 Å². The van der Waals surface area contributed by atoms with Crippen molar-refractivity contribution in [3.63, 3.8) is 0 Å². The van der Waals surface area contributed by atoms with Gasteiger partial charge in [-0.15, -0.1) is 0 Å². The van der Waals surface area contributed by atoms with Crippen LogP contribution in [0.4, 0.5) is 5.69 Å². The van der Waals surface area contributed by atoms with Gasteiger partial charge in [0.25, 0.3) is 10.1 Å². The van der Waals surface area contributed by atoms with Gasteiger partial charge >= 0.3 is 0 Å². The summed E-state index contributed by atoms with van der Waals surface area (Å²) in [6.07, 6.45) is 0. The molecule has 0 atom stereocenters. The van der Waals surface area contributed by atoms with E-state index >= 15 is 0 Å². The molecule has 20 heavy (non-hydrogen) atoms.